The maximum atomic E-state index is 12.8. The number of ether oxygens (including phenoxy) is 2. The lowest BCUT2D eigenvalue weighted by Crippen LogP contribution is -2.27. The first-order valence-electron chi connectivity index (χ1n) is 7.75. The highest BCUT2D eigenvalue weighted by Gasteiger charge is 2.33. The third-order valence-electron chi connectivity index (χ3n) is 3.64. The molecule has 1 heterocycles. The Morgan fingerprint density at radius 2 is 2.11 bits per heavy atom. The van der Waals surface area contributed by atoms with Crippen molar-refractivity contribution in [1.82, 2.24) is 0 Å². The van der Waals surface area contributed by atoms with Crippen molar-refractivity contribution in [3.8, 4) is 17.6 Å². The van der Waals surface area contributed by atoms with E-state index in [1.54, 1.807) is 48.5 Å². The summed E-state index contributed by atoms with van der Waals surface area (Å²) in [7, 11) is 1.51. The van der Waals surface area contributed by atoms with E-state index in [9.17, 15) is 4.79 Å². The zero-order valence-corrected chi connectivity index (χ0v) is 16.5. The molecule has 0 bridgehead atoms. The van der Waals surface area contributed by atoms with Gasteiger partial charge in [-0.1, -0.05) is 47.7 Å². The third kappa shape index (κ3) is 4.25. The highest BCUT2D eigenvalue weighted by atomic mass is 35.5. The molecule has 0 atom stereocenters. The van der Waals surface area contributed by atoms with E-state index in [-0.39, 0.29) is 12.5 Å². The van der Waals surface area contributed by atoms with Gasteiger partial charge in [0.2, 0.25) is 0 Å². The van der Waals surface area contributed by atoms with Crippen LogP contribution in [0.5, 0.6) is 11.5 Å². The van der Waals surface area contributed by atoms with Crippen molar-refractivity contribution in [2.75, 3.05) is 18.6 Å². The molecule has 1 saturated heterocycles. The van der Waals surface area contributed by atoms with Gasteiger partial charge in [0.1, 0.15) is 6.07 Å². The number of carbonyl (C=O) groups excluding carboxylic acids is 1. The topological polar surface area (TPSA) is 62.6 Å². The molecular formula is C19H13ClN2O3S2. The Bertz CT molecular complexity index is 985. The molecule has 5 nitrogen and oxygen atoms in total. The Hall–Kier alpha value is -2.53. The molecule has 1 fully saturated rings. The lowest BCUT2D eigenvalue weighted by Gasteiger charge is -2.14. The normalized spacial score (nSPS) is 15.1. The van der Waals surface area contributed by atoms with E-state index >= 15 is 0 Å². The molecule has 0 spiro atoms. The fraction of sp³-hybridized carbons (Fsp3) is 0.105. The van der Waals surface area contributed by atoms with Crippen LogP contribution in [0, 0.1) is 11.3 Å². The van der Waals surface area contributed by atoms with E-state index in [4.69, 9.17) is 38.6 Å². The SMILES string of the molecule is COc1cc(C=C2SC(=S)N(c3cccc(Cl)c3)C2=O)ccc1OCC#N. The minimum absolute atomic E-state index is 0.0754. The highest BCUT2D eigenvalue weighted by Crippen LogP contribution is 2.37. The van der Waals surface area contributed by atoms with Gasteiger partial charge in [-0.25, -0.2) is 0 Å². The van der Waals surface area contributed by atoms with E-state index in [0.29, 0.717) is 31.4 Å². The minimum Gasteiger partial charge on any atom is -0.493 e. The molecule has 2 aromatic carbocycles. The van der Waals surface area contributed by atoms with Crippen molar-refractivity contribution in [2.24, 2.45) is 0 Å². The van der Waals surface area contributed by atoms with Gasteiger partial charge in [-0.3, -0.25) is 9.69 Å². The van der Waals surface area contributed by atoms with Crippen molar-refractivity contribution >= 4 is 57.6 Å². The van der Waals surface area contributed by atoms with Crippen LogP contribution in [-0.2, 0) is 4.79 Å². The quantitative estimate of drug-likeness (QED) is 0.522. The van der Waals surface area contributed by atoms with Gasteiger partial charge in [0, 0.05) is 5.02 Å². The summed E-state index contributed by atoms with van der Waals surface area (Å²) >= 11 is 12.6. The Morgan fingerprint density at radius 1 is 1.30 bits per heavy atom. The molecule has 136 valence electrons. The number of methoxy groups -OCH3 is 1. The van der Waals surface area contributed by atoms with Crippen LogP contribution in [0.25, 0.3) is 6.08 Å². The standard InChI is InChI=1S/C19H13ClN2O3S2/c1-24-16-9-12(5-6-15(16)25-8-7-21)10-17-18(23)22(19(26)27-17)14-4-2-3-13(20)11-14/h2-6,9-11H,8H2,1H3. The summed E-state index contributed by atoms with van der Waals surface area (Å²) in [6.45, 7) is -0.0754. The smallest absolute Gasteiger partial charge is 0.270 e. The van der Waals surface area contributed by atoms with Gasteiger partial charge in [-0.2, -0.15) is 5.26 Å². The number of thioether (sulfide) groups is 1. The average molecular weight is 417 g/mol. The molecule has 0 unspecified atom stereocenters. The molecular weight excluding hydrogens is 404 g/mol. The summed E-state index contributed by atoms with van der Waals surface area (Å²) in [5.74, 6) is 0.725. The number of nitrogens with zero attached hydrogens (tertiary/aromatic N) is 2. The van der Waals surface area contributed by atoms with E-state index in [1.165, 1.54) is 23.8 Å². The predicted molar refractivity (Wildman–Crippen MR) is 111 cm³/mol. The van der Waals surface area contributed by atoms with Gasteiger partial charge in [-0.15, -0.1) is 0 Å². The summed E-state index contributed by atoms with van der Waals surface area (Å²) in [4.78, 5) is 14.8. The Labute approximate surface area is 171 Å². The number of hydrogen-bond donors (Lipinski definition) is 0. The molecule has 0 saturated carbocycles. The Balaban J connectivity index is 1.88. The molecule has 0 aliphatic carbocycles. The lowest BCUT2D eigenvalue weighted by atomic mass is 10.2. The molecule has 0 aromatic heterocycles. The van der Waals surface area contributed by atoms with Crippen molar-refractivity contribution in [2.45, 2.75) is 0 Å². The second-order valence-electron chi connectivity index (χ2n) is 5.35. The van der Waals surface area contributed by atoms with Gasteiger partial charge in [0.25, 0.3) is 5.91 Å². The molecule has 1 aliphatic rings. The fourth-order valence-electron chi connectivity index (χ4n) is 2.46. The van der Waals surface area contributed by atoms with E-state index in [2.05, 4.69) is 0 Å². The number of rotatable bonds is 5. The van der Waals surface area contributed by atoms with Crippen LogP contribution in [0.15, 0.2) is 47.4 Å². The number of nitriles is 1. The van der Waals surface area contributed by atoms with Crippen molar-refractivity contribution in [3.05, 3.63) is 58.0 Å². The number of halogens is 1. The number of carbonyl (C=O) groups is 1. The summed E-state index contributed by atoms with van der Waals surface area (Å²) in [5.41, 5.74) is 1.38. The number of amides is 1. The van der Waals surface area contributed by atoms with Crippen LogP contribution < -0.4 is 14.4 Å². The predicted octanol–water partition coefficient (Wildman–Crippen LogP) is 4.66. The van der Waals surface area contributed by atoms with Crippen LogP contribution in [-0.4, -0.2) is 23.9 Å². The first kappa shape index (κ1) is 19.2. The zero-order valence-electron chi connectivity index (χ0n) is 14.1. The fourth-order valence-corrected chi connectivity index (χ4v) is 3.94. The molecule has 0 N–H and O–H groups in total. The van der Waals surface area contributed by atoms with Gasteiger partial charge in [0.15, 0.2) is 22.4 Å². The average Bonchev–Trinajstić information content (AvgIpc) is 2.93. The molecule has 2 aromatic rings. The second kappa shape index (κ2) is 8.44. The third-order valence-corrected chi connectivity index (χ3v) is 5.18. The maximum absolute atomic E-state index is 12.8. The number of hydrogen-bond acceptors (Lipinski definition) is 6. The monoisotopic (exact) mass is 416 g/mol. The highest BCUT2D eigenvalue weighted by molar-refractivity contribution is 8.27. The lowest BCUT2D eigenvalue weighted by molar-refractivity contribution is -0.113. The maximum Gasteiger partial charge on any atom is 0.270 e. The van der Waals surface area contributed by atoms with E-state index in [0.717, 1.165) is 5.56 Å². The summed E-state index contributed by atoms with van der Waals surface area (Å²) in [6.07, 6.45) is 1.74. The molecule has 3 rings (SSSR count). The van der Waals surface area contributed by atoms with Gasteiger partial charge in [0.05, 0.1) is 17.7 Å². The molecule has 27 heavy (non-hydrogen) atoms. The van der Waals surface area contributed by atoms with E-state index < -0.39 is 0 Å². The van der Waals surface area contributed by atoms with Crippen LogP contribution in [0.1, 0.15) is 5.56 Å². The number of anilines is 1. The van der Waals surface area contributed by atoms with E-state index in [1.807, 2.05) is 6.07 Å². The molecule has 1 amide bonds. The van der Waals surface area contributed by atoms with Crippen LogP contribution in [0.2, 0.25) is 5.02 Å². The van der Waals surface area contributed by atoms with Gasteiger partial charge >= 0.3 is 0 Å². The number of thiocarbonyl (C=S) groups is 1. The van der Waals surface area contributed by atoms with Crippen LogP contribution in [0.3, 0.4) is 0 Å². The summed E-state index contributed by atoms with van der Waals surface area (Å²) < 4.78 is 11.0. The van der Waals surface area contributed by atoms with Crippen LogP contribution in [0.4, 0.5) is 5.69 Å². The largest absolute Gasteiger partial charge is 0.493 e. The molecule has 8 heteroatoms. The minimum atomic E-state index is -0.212. The van der Waals surface area contributed by atoms with Crippen molar-refractivity contribution in [1.29, 1.82) is 5.26 Å². The van der Waals surface area contributed by atoms with Crippen molar-refractivity contribution < 1.29 is 14.3 Å². The molecule has 0 radical (unpaired) electrons. The Morgan fingerprint density at radius 3 is 2.81 bits per heavy atom. The molecule has 1 aliphatic heterocycles. The summed E-state index contributed by atoms with van der Waals surface area (Å²) in [5, 5.41) is 9.17. The van der Waals surface area contributed by atoms with Crippen LogP contribution >= 0.6 is 35.6 Å². The van der Waals surface area contributed by atoms with Gasteiger partial charge in [-0.05, 0) is 42.0 Å². The second-order valence-corrected chi connectivity index (χ2v) is 7.47. The number of benzene rings is 2. The first-order chi connectivity index (χ1) is 13.0. The zero-order chi connectivity index (χ0) is 19.4. The first-order valence-corrected chi connectivity index (χ1v) is 9.35. The summed E-state index contributed by atoms with van der Waals surface area (Å²) in [6, 6.07) is 14.1. The van der Waals surface area contributed by atoms with Gasteiger partial charge < -0.3 is 9.47 Å². The Kier molecular flexibility index (Phi) is 6.01. The van der Waals surface area contributed by atoms with Crippen molar-refractivity contribution in [3.63, 3.8) is 0 Å².